The van der Waals surface area contributed by atoms with E-state index in [1.54, 1.807) is 0 Å². The number of carbonyl (C=O) groups is 1. The van der Waals surface area contributed by atoms with Gasteiger partial charge in [-0.15, -0.1) is 0 Å². The lowest BCUT2D eigenvalue weighted by molar-refractivity contribution is -0.117. The van der Waals surface area contributed by atoms with Gasteiger partial charge in [0, 0.05) is 11.7 Å². The summed E-state index contributed by atoms with van der Waals surface area (Å²) >= 11 is 0. The highest BCUT2D eigenvalue weighted by atomic mass is 16.2. The number of anilines is 1. The maximum absolute atomic E-state index is 11.8. The maximum Gasteiger partial charge on any atom is 0.238 e. The van der Waals surface area contributed by atoms with Gasteiger partial charge in [-0.2, -0.15) is 5.26 Å². The molecular formula is C14H19N3O. The van der Waals surface area contributed by atoms with E-state index in [2.05, 4.69) is 11.4 Å². The highest BCUT2D eigenvalue weighted by Crippen LogP contribution is 2.09. The minimum atomic E-state index is -0.0621. The van der Waals surface area contributed by atoms with Crippen LogP contribution >= 0.6 is 0 Å². The van der Waals surface area contributed by atoms with Crippen LogP contribution in [0.15, 0.2) is 24.3 Å². The Morgan fingerprint density at radius 2 is 2.28 bits per heavy atom. The van der Waals surface area contributed by atoms with Crippen LogP contribution in [0.2, 0.25) is 0 Å². The molecule has 1 aromatic carbocycles. The Bertz CT molecular complexity index is 451. The molecule has 1 aromatic rings. The Hall–Kier alpha value is -1.86. The molecule has 1 rings (SSSR count). The van der Waals surface area contributed by atoms with Gasteiger partial charge in [0.1, 0.15) is 0 Å². The molecule has 0 radical (unpaired) electrons. The van der Waals surface area contributed by atoms with Gasteiger partial charge in [0.25, 0.3) is 0 Å². The Labute approximate surface area is 108 Å². The van der Waals surface area contributed by atoms with Crippen molar-refractivity contribution in [2.75, 3.05) is 18.9 Å². The number of nitrogens with one attached hydrogen (secondary N) is 1. The fourth-order valence-corrected chi connectivity index (χ4v) is 1.59. The SMILES string of the molecule is Cc1cccc(NC(=O)CN(C)C(C)CC#N)c1. The molecule has 0 saturated carbocycles. The molecule has 0 aliphatic carbocycles. The number of hydrogen-bond donors (Lipinski definition) is 1. The summed E-state index contributed by atoms with van der Waals surface area (Å²) in [5, 5.41) is 11.5. The summed E-state index contributed by atoms with van der Waals surface area (Å²) in [6, 6.07) is 9.87. The Balaban J connectivity index is 2.49. The normalized spacial score (nSPS) is 11.9. The zero-order chi connectivity index (χ0) is 13.5. The largest absolute Gasteiger partial charge is 0.325 e. The lowest BCUT2D eigenvalue weighted by Crippen LogP contribution is -2.36. The lowest BCUT2D eigenvalue weighted by atomic mass is 10.2. The first-order chi connectivity index (χ1) is 8.52. The molecule has 0 aliphatic rings. The summed E-state index contributed by atoms with van der Waals surface area (Å²) in [7, 11) is 1.85. The topological polar surface area (TPSA) is 56.1 Å². The molecule has 1 amide bonds. The average Bonchev–Trinajstić information content (AvgIpc) is 2.28. The number of likely N-dealkylation sites (N-methyl/N-ethyl adjacent to an activating group) is 1. The molecule has 0 aliphatic heterocycles. The fraction of sp³-hybridized carbons (Fsp3) is 0.429. The summed E-state index contributed by atoms with van der Waals surface area (Å²) in [6.07, 6.45) is 0.425. The molecule has 0 fully saturated rings. The van der Waals surface area contributed by atoms with Crippen molar-refractivity contribution in [3.63, 3.8) is 0 Å². The van der Waals surface area contributed by atoms with Gasteiger partial charge in [0.15, 0.2) is 0 Å². The number of aryl methyl sites for hydroxylation is 1. The number of nitriles is 1. The summed E-state index contributed by atoms with van der Waals surface area (Å²) in [5.74, 6) is -0.0621. The summed E-state index contributed by atoms with van der Waals surface area (Å²) in [5.41, 5.74) is 1.92. The zero-order valence-electron chi connectivity index (χ0n) is 11.1. The smallest absolute Gasteiger partial charge is 0.238 e. The molecule has 18 heavy (non-hydrogen) atoms. The molecule has 4 nitrogen and oxygen atoms in total. The molecule has 1 N–H and O–H groups in total. The molecule has 0 heterocycles. The van der Waals surface area contributed by atoms with Gasteiger partial charge in [0.2, 0.25) is 5.91 Å². The van der Waals surface area contributed by atoms with E-state index in [0.717, 1.165) is 11.3 Å². The minimum Gasteiger partial charge on any atom is -0.325 e. The highest BCUT2D eigenvalue weighted by molar-refractivity contribution is 5.92. The van der Waals surface area contributed by atoms with Gasteiger partial charge in [0.05, 0.1) is 19.0 Å². The van der Waals surface area contributed by atoms with Crippen molar-refractivity contribution in [1.82, 2.24) is 4.90 Å². The third kappa shape index (κ3) is 4.56. The van der Waals surface area contributed by atoms with Crippen LogP contribution in [0.4, 0.5) is 5.69 Å². The first kappa shape index (κ1) is 14.2. The van der Waals surface area contributed by atoms with Gasteiger partial charge in [-0.1, -0.05) is 12.1 Å². The van der Waals surface area contributed by atoms with Crippen LogP contribution in [-0.2, 0) is 4.79 Å². The van der Waals surface area contributed by atoms with E-state index in [0.29, 0.717) is 6.42 Å². The van der Waals surface area contributed by atoms with E-state index in [-0.39, 0.29) is 18.5 Å². The molecule has 0 spiro atoms. The van der Waals surface area contributed by atoms with Crippen molar-refractivity contribution < 1.29 is 4.79 Å². The Morgan fingerprint density at radius 3 is 2.89 bits per heavy atom. The second-order valence-corrected chi connectivity index (χ2v) is 4.54. The van der Waals surface area contributed by atoms with Crippen molar-refractivity contribution >= 4 is 11.6 Å². The Morgan fingerprint density at radius 1 is 1.56 bits per heavy atom. The van der Waals surface area contributed by atoms with Crippen LogP contribution in [0.5, 0.6) is 0 Å². The van der Waals surface area contributed by atoms with E-state index < -0.39 is 0 Å². The maximum atomic E-state index is 11.8. The second-order valence-electron chi connectivity index (χ2n) is 4.54. The number of benzene rings is 1. The monoisotopic (exact) mass is 245 g/mol. The van der Waals surface area contributed by atoms with Crippen LogP contribution in [0.3, 0.4) is 0 Å². The van der Waals surface area contributed by atoms with Crippen molar-refractivity contribution in [2.45, 2.75) is 26.3 Å². The van der Waals surface area contributed by atoms with Crippen LogP contribution in [0, 0.1) is 18.3 Å². The van der Waals surface area contributed by atoms with Crippen LogP contribution in [0.1, 0.15) is 18.9 Å². The molecule has 1 atom stereocenters. The number of carbonyl (C=O) groups excluding carboxylic acids is 1. The first-order valence-corrected chi connectivity index (χ1v) is 5.96. The van der Waals surface area contributed by atoms with E-state index in [1.165, 1.54) is 0 Å². The number of nitrogens with zero attached hydrogens (tertiary/aromatic N) is 2. The number of amides is 1. The molecule has 0 bridgehead atoms. The summed E-state index contributed by atoms with van der Waals surface area (Å²) < 4.78 is 0. The molecule has 0 aromatic heterocycles. The Kier molecular flexibility index (Phi) is 5.34. The predicted molar refractivity (Wildman–Crippen MR) is 72.1 cm³/mol. The molecule has 96 valence electrons. The number of hydrogen-bond acceptors (Lipinski definition) is 3. The average molecular weight is 245 g/mol. The van der Waals surface area contributed by atoms with E-state index in [9.17, 15) is 4.79 Å². The van der Waals surface area contributed by atoms with Gasteiger partial charge >= 0.3 is 0 Å². The van der Waals surface area contributed by atoms with Gasteiger partial charge in [-0.05, 0) is 38.6 Å². The van der Waals surface area contributed by atoms with Gasteiger partial charge < -0.3 is 5.32 Å². The summed E-state index contributed by atoms with van der Waals surface area (Å²) in [6.45, 7) is 4.21. The summed E-state index contributed by atoms with van der Waals surface area (Å²) in [4.78, 5) is 13.7. The van der Waals surface area contributed by atoms with Gasteiger partial charge in [-0.3, -0.25) is 9.69 Å². The van der Waals surface area contributed by atoms with Crippen molar-refractivity contribution in [2.24, 2.45) is 0 Å². The van der Waals surface area contributed by atoms with Crippen molar-refractivity contribution in [3.8, 4) is 6.07 Å². The van der Waals surface area contributed by atoms with E-state index >= 15 is 0 Å². The molecular weight excluding hydrogens is 226 g/mol. The van der Waals surface area contributed by atoms with E-state index in [1.807, 2.05) is 50.1 Å². The molecule has 1 unspecified atom stereocenters. The third-order valence-electron chi connectivity index (χ3n) is 2.83. The van der Waals surface area contributed by atoms with Crippen LogP contribution in [0.25, 0.3) is 0 Å². The standard InChI is InChI=1S/C14H19N3O/c1-11-5-4-6-13(9-11)16-14(18)10-17(3)12(2)7-8-15/h4-6,9,12H,7,10H2,1-3H3,(H,16,18). The molecule has 4 heteroatoms. The van der Waals surface area contributed by atoms with Crippen molar-refractivity contribution in [3.05, 3.63) is 29.8 Å². The lowest BCUT2D eigenvalue weighted by Gasteiger charge is -2.21. The highest BCUT2D eigenvalue weighted by Gasteiger charge is 2.12. The quantitative estimate of drug-likeness (QED) is 0.865. The fourth-order valence-electron chi connectivity index (χ4n) is 1.59. The predicted octanol–water partition coefficient (Wildman–Crippen LogP) is 2.17. The first-order valence-electron chi connectivity index (χ1n) is 5.96. The van der Waals surface area contributed by atoms with Crippen molar-refractivity contribution in [1.29, 1.82) is 5.26 Å². The van der Waals surface area contributed by atoms with E-state index in [4.69, 9.17) is 5.26 Å². The third-order valence-corrected chi connectivity index (χ3v) is 2.83. The molecule has 0 saturated heterocycles. The number of rotatable bonds is 5. The zero-order valence-corrected chi connectivity index (χ0v) is 11.1. The second kappa shape index (κ2) is 6.77. The van der Waals surface area contributed by atoms with Gasteiger partial charge in [-0.25, -0.2) is 0 Å². The van der Waals surface area contributed by atoms with Crippen LogP contribution in [-0.4, -0.2) is 30.4 Å². The minimum absolute atomic E-state index is 0.0621. The van der Waals surface area contributed by atoms with Crippen LogP contribution < -0.4 is 5.32 Å².